The minimum atomic E-state index is 0.315. The van der Waals surface area contributed by atoms with Gasteiger partial charge in [-0.05, 0) is 28.7 Å². The first kappa shape index (κ1) is 9.31. The van der Waals surface area contributed by atoms with E-state index in [0.29, 0.717) is 16.4 Å². The summed E-state index contributed by atoms with van der Waals surface area (Å²) in [6, 6.07) is 3.13. The van der Waals surface area contributed by atoms with Crippen molar-refractivity contribution >= 4 is 45.6 Å². The standard InChI is InChI=1S/C8H2ClIN2/c1-11-7-3-5(9)6(10)4-8(7)12-2/h3-4H. The van der Waals surface area contributed by atoms with Crippen molar-refractivity contribution in [2.75, 3.05) is 0 Å². The lowest BCUT2D eigenvalue weighted by molar-refractivity contribution is 1.66. The van der Waals surface area contributed by atoms with Crippen LogP contribution in [0.2, 0.25) is 5.02 Å². The van der Waals surface area contributed by atoms with Gasteiger partial charge in [0.1, 0.15) is 0 Å². The van der Waals surface area contributed by atoms with Gasteiger partial charge in [0, 0.05) is 8.59 Å². The van der Waals surface area contributed by atoms with Crippen LogP contribution in [-0.2, 0) is 0 Å². The third-order valence-electron chi connectivity index (χ3n) is 1.26. The van der Waals surface area contributed by atoms with Gasteiger partial charge in [0.05, 0.1) is 13.1 Å². The van der Waals surface area contributed by atoms with Crippen LogP contribution >= 0.6 is 34.2 Å². The van der Waals surface area contributed by atoms with Gasteiger partial charge in [-0.1, -0.05) is 17.7 Å². The van der Waals surface area contributed by atoms with Crippen molar-refractivity contribution in [2.24, 2.45) is 0 Å². The maximum absolute atomic E-state index is 6.79. The molecular weight excluding hydrogens is 286 g/mol. The van der Waals surface area contributed by atoms with Gasteiger partial charge in [0.15, 0.2) is 11.4 Å². The van der Waals surface area contributed by atoms with Gasteiger partial charge in [-0.15, -0.1) is 0 Å². The minimum absolute atomic E-state index is 0.315. The van der Waals surface area contributed by atoms with Gasteiger partial charge in [-0.25, -0.2) is 0 Å². The highest BCUT2D eigenvalue weighted by Crippen LogP contribution is 2.34. The van der Waals surface area contributed by atoms with Crippen LogP contribution in [0.5, 0.6) is 0 Å². The number of benzene rings is 1. The lowest BCUT2D eigenvalue weighted by Crippen LogP contribution is -1.72. The van der Waals surface area contributed by atoms with Crippen molar-refractivity contribution in [1.82, 2.24) is 0 Å². The molecule has 1 aromatic carbocycles. The first-order chi connectivity index (χ1) is 5.69. The van der Waals surface area contributed by atoms with E-state index in [0.717, 1.165) is 3.57 Å². The minimum Gasteiger partial charge on any atom is -0.250 e. The molecule has 0 heterocycles. The summed E-state index contributed by atoms with van der Waals surface area (Å²) in [5.74, 6) is 0. The number of nitrogens with zero attached hydrogens (tertiary/aromatic N) is 2. The maximum atomic E-state index is 6.79. The molecule has 0 N–H and O–H groups in total. The Balaban J connectivity index is 3.44. The molecule has 1 aromatic rings. The predicted octanol–water partition coefficient (Wildman–Crippen LogP) is 4.05. The lowest BCUT2D eigenvalue weighted by atomic mass is 10.3. The molecule has 0 aliphatic carbocycles. The van der Waals surface area contributed by atoms with Crippen LogP contribution in [0.3, 0.4) is 0 Å². The van der Waals surface area contributed by atoms with Crippen molar-refractivity contribution in [1.29, 1.82) is 0 Å². The zero-order valence-corrected chi connectivity index (χ0v) is 8.72. The van der Waals surface area contributed by atoms with Crippen LogP contribution < -0.4 is 0 Å². The molecule has 0 radical (unpaired) electrons. The summed E-state index contributed by atoms with van der Waals surface area (Å²) in [5.41, 5.74) is 0.675. The summed E-state index contributed by atoms with van der Waals surface area (Å²) in [5, 5.41) is 0.522. The fourth-order valence-electron chi connectivity index (χ4n) is 0.705. The Labute approximate surface area is 88.9 Å². The quantitative estimate of drug-likeness (QED) is 0.503. The number of hydrogen-bond donors (Lipinski definition) is 0. The largest absolute Gasteiger partial charge is 0.250 e. The molecule has 0 saturated heterocycles. The highest BCUT2D eigenvalue weighted by atomic mass is 127. The van der Waals surface area contributed by atoms with Gasteiger partial charge in [0.25, 0.3) is 0 Å². The average Bonchev–Trinajstić information content (AvgIpc) is 2.09. The highest BCUT2D eigenvalue weighted by molar-refractivity contribution is 14.1. The first-order valence-electron chi connectivity index (χ1n) is 2.93. The average molecular weight is 288 g/mol. The summed E-state index contributed by atoms with van der Waals surface area (Å²) in [7, 11) is 0. The first-order valence-corrected chi connectivity index (χ1v) is 4.38. The maximum Gasteiger partial charge on any atom is 0.196 e. The second kappa shape index (κ2) is 3.75. The van der Waals surface area contributed by atoms with Crippen molar-refractivity contribution < 1.29 is 0 Å². The van der Waals surface area contributed by atoms with E-state index >= 15 is 0 Å². The zero-order valence-electron chi connectivity index (χ0n) is 5.81. The van der Waals surface area contributed by atoms with E-state index in [4.69, 9.17) is 24.7 Å². The molecule has 0 aromatic heterocycles. The predicted molar refractivity (Wildman–Crippen MR) is 56.7 cm³/mol. The monoisotopic (exact) mass is 288 g/mol. The van der Waals surface area contributed by atoms with Crippen molar-refractivity contribution in [3.05, 3.63) is 43.6 Å². The van der Waals surface area contributed by atoms with Gasteiger partial charge >= 0.3 is 0 Å². The van der Waals surface area contributed by atoms with E-state index in [1.807, 2.05) is 22.6 Å². The Morgan fingerprint density at radius 1 is 1.17 bits per heavy atom. The molecule has 0 saturated carbocycles. The zero-order chi connectivity index (χ0) is 9.14. The van der Waals surface area contributed by atoms with E-state index in [1.54, 1.807) is 6.07 Å². The third kappa shape index (κ3) is 1.69. The topological polar surface area (TPSA) is 8.72 Å². The summed E-state index contributed by atoms with van der Waals surface area (Å²) >= 11 is 7.80. The fraction of sp³-hybridized carbons (Fsp3) is 0. The normalized spacial score (nSPS) is 8.67. The van der Waals surface area contributed by atoms with E-state index in [2.05, 4.69) is 9.69 Å². The van der Waals surface area contributed by atoms with Crippen LogP contribution in [0.4, 0.5) is 11.4 Å². The molecule has 1 rings (SSSR count). The van der Waals surface area contributed by atoms with E-state index in [-0.39, 0.29) is 0 Å². The van der Waals surface area contributed by atoms with E-state index in [1.165, 1.54) is 6.07 Å². The van der Waals surface area contributed by atoms with Gasteiger partial charge in [-0.2, -0.15) is 0 Å². The van der Waals surface area contributed by atoms with Gasteiger partial charge < -0.3 is 0 Å². The van der Waals surface area contributed by atoms with Crippen molar-refractivity contribution in [2.45, 2.75) is 0 Å². The van der Waals surface area contributed by atoms with Crippen LogP contribution in [-0.4, -0.2) is 0 Å². The van der Waals surface area contributed by atoms with Crippen LogP contribution in [0.25, 0.3) is 9.69 Å². The van der Waals surface area contributed by atoms with Crippen molar-refractivity contribution in [3.63, 3.8) is 0 Å². The van der Waals surface area contributed by atoms with Crippen LogP contribution in [0, 0.1) is 16.7 Å². The SMILES string of the molecule is [C-]#[N+]c1cc(Cl)c(I)cc1[N+]#[C-]. The molecule has 0 fully saturated rings. The highest BCUT2D eigenvalue weighted by Gasteiger charge is 2.05. The van der Waals surface area contributed by atoms with Crippen molar-refractivity contribution in [3.8, 4) is 0 Å². The molecule has 0 unspecified atom stereocenters. The number of hydrogen-bond acceptors (Lipinski definition) is 0. The van der Waals surface area contributed by atoms with Gasteiger partial charge in [0.2, 0.25) is 0 Å². The van der Waals surface area contributed by atoms with E-state index in [9.17, 15) is 0 Å². The molecule has 58 valence electrons. The van der Waals surface area contributed by atoms with E-state index < -0.39 is 0 Å². The summed E-state index contributed by atoms with van der Waals surface area (Å²) in [6.45, 7) is 13.6. The second-order valence-electron chi connectivity index (χ2n) is 1.98. The Hall–Kier alpha value is -0.780. The molecule has 4 heteroatoms. The Kier molecular flexibility index (Phi) is 2.91. The summed E-state index contributed by atoms with van der Waals surface area (Å²) < 4.78 is 0.799. The van der Waals surface area contributed by atoms with Gasteiger partial charge in [-0.3, -0.25) is 9.69 Å². The smallest absolute Gasteiger partial charge is 0.196 e. The molecule has 0 bridgehead atoms. The fourth-order valence-corrected chi connectivity index (χ4v) is 1.31. The molecule has 0 atom stereocenters. The number of rotatable bonds is 0. The second-order valence-corrected chi connectivity index (χ2v) is 3.55. The Morgan fingerprint density at radius 2 is 1.67 bits per heavy atom. The molecule has 2 nitrogen and oxygen atoms in total. The summed E-state index contributed by atoms with van der Waals surface area (Å²) in [6.07, 6.45) is 0. The Morgan fingerprint density at radius 3 is 2.17 bits per heavy atom. The Bertz CT molecular complexity index is 362. The molecular formula is C8H2ClIN2. The molecule has 0 spiro atoms. The number of halogens is 2. The molecule has 12 heavy (non-hydrogen) atoms. The van der Waals surface area contributed by atoms with Crippen LogP contribution in [0.1, 0.15) is 0 Å². The molecule has 0 aliphatic rings. The molecule has 0 aliphatic heterocycles. The summed E-state index contributed by atoms with van der Waals surface area (Å²) in [4.78, 5) is 6.41. The van der Waals surface area contributed by atoms with Crippen LogP contribution in [0.15, 0.2) is 12.1 Å². The molecule has 0 amide bonds. The third-order valence-corrected chi connectivity index (χ3v) is 2.78. The lowest BCUT2D eigenvalue weighted by Gasteiger charge is -1.98.